The summed E-state index contributed by atoms with van der Waals surface area (Å²) in [6.45, 7) is 6.70. The van der Waals surface area contributed by atoms with Crippen molar-refractivity contribution in [2.45, 2.75) is 48.6 Å². The van der Waals surface area contributed by atoms with Crippen molar-refractivity contribution in [3.05, 3.63) is 66.2 Å². The molecule has 1 atom stereocenters. The van der Waals surface area contributed by atoms with E-state index in [-0.39, 0.29) is 6.10 Å². The fourth-order valence-electron chi connectivity index (χ4n) is 2.90. The van der Waals surface area contributed by atoms with Gasteiger partial charge in [-0.15, -0.1) is 0 Å². The molecule has 2 nitrogen and oxygen atoms in total. The zero-order valence-electron chi connectivity index (χ0n) is 15.0. The Labute approximate surface area is 162 Å². The van der Waals surface area contributed by atoms with E-state index >= 15 is 0 Å². The summed E-state index contributed by atoms with van der Waals surface area (Å²) in [7, 11) is 0. The average Bonchev–Trinajstić information content (AvgIpc) is 2.62. The van der Waals surface area contributed by atoms with Crippen LogP contribution >= 0.6 is 0 Å². The zero-order valence-corrected chi connectivity index (χ0v) is 20.7. The van der Waals surface area contributed by atoms with Crippen LogP contribution in [0, 0.1) is 0 Å². The summed E-state index contributed by atoms with van der Waals surface area (Å²) in [6.07, 6.45) is 2.45. The normalized spacial score (nSPS) is 13.0. The van der Waals surface area contributed by atoms with Crippen LogP contribution in [0.1, 0.15) is 45.3 Å². The quantitative estimate of drug-likeness (QED) is 0.398. The van der Waals surface area contributed by atoms with Gasteiger partial charge in [-0.1, -0.05) is 0 Å². The second-order valence-electron chi connectivity index (χ2n) is 6.15. The van der Waals surface area contributed by atoms with Crippen molar-refractivity contribution in [2.24, 2.45) is 0 Å². The number of benzene rings is 2. The Morgan fingerprint density at radius 2 is 1.42 bits per heavy atom. The summed E-state index contributed by atoms with van der Waals surface area (Å²) in [5.74, 6) is 0. The van der Waals surface area contributed by atoms with E-state index in [9.17, 15) is 0 Å². The molecule has 2 aromatic rings. The molecule has 0 N–H and O–H groups in total. The summed E-state index contributed by atoms with van der Waals surface area (Å²) in [5, 5.41) is 0. The van der Waals surface area contributed by atoms with E-state index in [1.807, 2.05) is 0 Å². The number of hydrogen-bond donors (Lipinski definition) is 0. The van der Waals surface area contributed by atoms with Crippen LogP contribution < -0.4 is 3.58 Å². The van der Waals surface area contributed by atoms with E-state index in [4.69, 9.17) is 4.49 Å². The van der Waals surface area contributed by atoms with Crippen LogP contribution in [0.25, 0.3) is 0 Å². The number of rotatable bonds is 10. The summed E-state index contributed by atoms with van der Waals surface area (Å²) < 4.78 is 17.2. The fourth-order valence-corrected chi connectivity index (χ4v) is 24.0. The minimum absolute atomic E-state index is 0.134. The third-order valence-corrected chi connectivity index (χ3v) is 25.5. The molecule has 0 amide bonds. The Hall–Kier alpha value is -0.0426. The Morgan fingerprint density at radius 3 is 1.96 bits per heavy atom. The Bertz CT molecular complexity index is 569. The molecule has 1 unspecified atom stereocenters. The van der Waals surface area contributed by atoms with Gasteiger partial charge in [0.1, 0.15) is 0 Å². The molecule has 0 fully saturated rings. The van der Waals surface area contributed by atoms with Crippen molar-refractivity contribution in [3.63, 3.8) is 0 Å². The molecular formula is C20H28O2Sn2. The van der Waals surface area contributed by atoms with E-state index in [0.29, 0.717) is 0 Å². The third-order valence-electron chi connectivity index (χ3n) is 4.05. The molecule has 0 saturated carbocycles. The Balaban J connectivity index is 2.12. The number of hydrogen-bond acceptors (Lipinski definition) is 2. The zero-order chi connectivity index (χ0) is 17.3. The third kappa shape index (κ3) is 6.35. The molecule has 2 radical (unpaired) electrons. The molecule has 4 heteroatoms. The van der Waals surface area contributed by atoms with Crippen LogP contribution in [-0.2, 0) is 4.49 Å². The van der Waals surface area contributed by atoms with E-state index < -0.39 is 40.8 Å². The first-order chi connectivity index (χ1) is 11.7. The van der Waals surface area contributed by atoms with Crippen molar-refractivity contribution in [1.82, 2.24) is 0 Å². The summed E-state index contributed by atoms with van der Waals surface area (Å²) in [4.78, 5) is 0. The summed E-state index contributed by atoms with van der Waals surface area (Å²) >= 11 is -4.04. The van der Waals surface area contributed by atoms with E-state index in [0.717, 1.165) is 21.7 Å². The van der Waals surface area contributed by atoms with Gasteiger partial charge in [0.05, 0.1) is 0 Å². The molecule has 0 spiro atoms. The van der Waals surface area contributed by atoms with Crippen molar-refractivity contribution in [3.8, 4) is 0 Å². The Kier molecular flexibility index (Phi) is 9.15. The molecule has 0 saturated heterocycles. The molecule has 0 aliphatic rings. The SMILES string of the molecule is CC[CH2][Sn]([CH2]CC)([O][Sn][c]1ccccc1)[O]C(C)c1ccccc1. The van der Waals surface area contributed by atoms with Crippen LogP contribution in [0.4, 0.5) is 0 Å². The van der Waals surface area contributed by atoms with Gasteiger partial charge in [0, 0.05) is 0 Å². The van der Waals surface area contributed by atoms with Gasteiger partial charge in [0.2, 0.25) is 0 Å². The topological polar surface area (TPSA) is 18.5 Å². The van der Waals surface area contributed by atoms with Crippen molar-refractivity contribution in [1.29, 1.82) is 0 Å². The first-order valence-electron chi connectivity index (χ1n) is 8.91. The fraction of sp³-hybridized carbons (Fsp3) is 0.400. The molecule has 128 valence electrons. The van der Waals surface area contributed by atoms with Crippen LogP contribution in [0.3, 0.4) is 0 Å². The molecular weight excluding hydrogens is 510 g/mol. The van der Waals surface area contributed by atoms with Crippen LogP contribution in [0.15, 0.2) is 60.7 Å². The maximum absolute atomic E-state index is 6.76. The van der Waals surface area contributed by atoms with Crippen LogP contribution in [0.2, 0.25) is 8.87 Å². The van der Waals surface area contributed by atoms with E-state index in [1.54, 1.807) is 0 Å². The molecule has 0 heterocycles. The van der Waals surface area contributed by atoms with Crippen molar-refractivity contribution < 1.29 is 4.49 Å². The molecule has 2 aromatic carbocycles. The van der Waals surface area contributed by atoms with Gasteiger partial charge in [-0.05, 0) is 0 Å². The molecule has 0 aliphatic heterocycles. The van der Waals surface area contributed by atoms with Crippen LogP contribution in [0.5, 0.6) is 0 Å². The molecule has 0 aromatic heterocycles. The van der Waals surface area contributed by atoms with Gasteiger partial charge in [-0.25, -0.2) is 0 Å². The summed E-state index contributed by atoms with van der Waals surface area (Å²) in [5.41, 5.74) is 1.26. The first-order valence-corrected chi connectivity index (χ1v) is 17.9. The Morgan fingerprint density at radius 1 is 0.875 bits per heavy atom. The second kappa shape index (κ2) is 10.8. The van der Waals surface area contributed by atoms with Crippen LogP contribution in [-0.4, -0.2) is 40.8 Å². The van der Waals surface area contributed by atoms with E-state index in [1.165, 1.54) is 9.14 Å². The maximum atomic E-state index is 6.76. The molecule has 0 aliphatic carbocycles. The van der Waals surface area contributed by atoms with Crippen molar-refractivity contribution in [2.75, 3.05) is 0 Å². The molecule has 2 rings (SSSR count). The summed E-state index contributed by atoms with van der Waals surface area (Å²) in [6, 6.07) is 21.3. The monoisotopic (exact) mass is 540 g/mol. The van der Waals surface area contributed by atoms with Gasteiger partial charge >= 0.3 is 164 Å². The van der Waals surface area contributed by atoms with Gasteiger partial charge < -0.3 is 0 Å². The minimum atomic E-state index is -3.02. The molecule has 0 bridgehead atoms. The predicted octanol–water partition coefficient (Wildman–Crippen LogP) is 4.99. The second-order valence-corrected chi connectivity index (χ2v) is 21.6. The van der Waals surface area contributed by atoms with Gasteiger partial charge in [0.25, 0.3) is 0 Å². The molecule has 24 heavy (non-hydrogen) atoms. The van der Waals surface area contributed by atoms with E-state index in [2.05, 4.69) is 81.4 Å². The predicted molar refractivity (Wildman–Crippen MR) is 105 cm³/mol. The standard InChI is InChI=1S/C8H9O.C6H5.2C3H7.O.2Sn/c1-7(9)8-5-3-2-4-6-8;1-2-4-6-5-3-1;2*1-3-2;;;/h2-7H,1H3;1-5H;2*1,3H2,2H3;;;/q-1;;;;;;+1. The average molecular weight is 538 g/mol. The van der Waals surface area contributed by atoms with Gasteiger partial charge in [-0.2, -0.15) is 0 Å². The van der Waals surface area contributed by atoms with Gasteiger partial charge in [0.15, 0.2) is 0 Å². The van der Waals surface area contributed by atoms with Crippen molar-refractivity contribution >= 4 is 44.3 Å². The van der Waals surface area contributed by atoms with Gasteiger partial charge in [-0.3, -0.25) is 0 Å². The first kappa shape index (κ1) is 20.3.